The van der Waals surface area contributed by atoms with Crippen molar-refractivity contribution in [3.05, 3.63) is 29.8 Å². The molecule has 0 spiro atoms. The van der Waals surface area contributed by atoms with Crippen LogP contribution >= 0.6 is 0 Å². The summed E-state index contributed by atoms with van der Waals surface area (Å²) in [6, 6.07) is 2.89. The first-order valence-corrected chi connectivity index (χ1v) is 7.76. The van der Waals surface area contributed by atoms with Gasteiger partial charge in [0.1, 0.15) is 11.6 Å². The molecule has 24 heavy (non-hydrogen) atoms. The molecule has 6 nitrogen and oxygen atoms in total. The van der Waals surface area contributed by atoms with Crippen molar-refractivity contribution in [3.63, 3.8) is 0 Å². The Bertz CT molecular complexity index is 592. The zero-order valence-corrected chi connectivity index (χ0v) is 13.6. The minimum absolute atomic E-state index is 0.113. The SMILES string of the molecule is CC(=O)N(CCN1CCOCC1)CC(=O)Nc1ccc(F)cc1F. The number of morpholine rings is 1. The van der Waals surface area contributed by atoms with E-state index in [0.717, 1.165) is 25.2 Å². The fourth-order valence-corrected chi connectivity index (χ4v) is 2.39. The van der Waals surface area contributed by atoms with Crippen LogP contribution in [0.1, 0.15) is 6.92 Å². The number of carbonyl (C=O) groups excluding carboxylic acids is 2. The van der Waals surface area contributed by atoms with Crippen LogP contribution in [0.3, 0.4) is 0 Å². The minimum Gasteiger partial charge on any atom is -0.379 e. The molecular formula is C16H21F2N3O3. The van der Waals surface area contributed by atoms with E-state index in [4.69, 9.17) is 4.74 Å². The molecule has 0 atom stereocenters. The first-order valence-electron chi connectivity index (χ1n) is 7.76. The number of nitrogens with zero attached hydrogens (tertiary/aromatic N) is 2. The predicted octanol–water partition coefficient (Wildman–Crippen LogP) is 1.08. The second-order valence-corrected chi connectivity index (χ2v) is 5.57. The van der Waals surface area contributed by atoms with Gasteiger partial charge in [-0.1, -0.05) is 0 Å². The van der Waals surface area contributed by atoms with Crippen molar-refractivity contribution in [3.8, 4) is 0 Å². The summed E-state index contributed by atoms with van der Waals surface area (Å²) in [6.45, 7) is 5.13. The number of carbonyl (C=O) groups is 2. The van der Waals surface area contributed by atoms with E-state index in [0.29, 0.717) is 32.4 Å². The standard InChI is InChI=1S/C16H21F2N3O3/c1-12(22)21(5-4-20-6-8-24-9-7-20)11-16(23)19-15-3-2-13(17)10-14(15)18/h2-3,10H,4-9,11H2,1H3,(H,19,23). The van der Waals surface area contributed by atoms with Gasteiger partial charge in [-0.25, -0.2) is 8.78 Å². The van der Waals surface area contributed by atoms with Crippen molar-refractivity contribution in [1.29, 1.82) is 0 Å². The third kappa shape index (κ3) is 5.54. The number of ether oxygens (including phenoxy) is 1. The van der Waals surface area contributed by atoms with Gasteiger partial charge in [-0.05, 0) is 12.1 Å². The second kappa shape index (κ2) is 8.70. The highest BCUT2D eigenvalue weighted by atomic mass is 19.1. The van der Waals surface area contributed by atoms with E-state index in [9.17, 15) is 18.4 Å². The number of anilines is 1. The average molecular weight is 341 g/mol. The molecule has 0 aliphatic carbocycles. The summed E-state index contributed by atoms with van der Waals surface area (Å²) in [4.78, 5) is 27.3. The number of nitrogens with one attached hydrogen (secondary N) is 1. The van der Waals surface area contributed by atoms with Gasteiger partial charge in [-0.3, -0.25) is 14.5 Å². The minimum atomic E-state index is -0.856. The van der Waals surface area contributed by atoms with E-state index in [1.54, 1.807) is 0 Å². The molecule has 132 valence electrons. The van der Waals surface area contributed by atoms with E-state index in [1.165, 1.54) is 11.8 Å². The van der Waals surface area contributed by atoms with Crippen molar-refractivity contribution in [2.24, 2.45) is 0 Å². The molecule has 1 aromatic carbocycles. The molecular weight excluding hydrogens is 320 g/mol. The van der Waals surface area contributed by atoms with Crippen LogP contribution in [0.15, 0.2) is 18.2 Å². The highest BCUT2D eigenvalue weighted by Gasteiger charge is 2.17. The summed E-state index contributed by atoms with van der Waals surface area (Å²) in [5.74, 6) is -2.34. The summed E-state index contributed by atoms with van der Waals surface area (Å²) in [6.07, 6.45) is 0. The monoisotopic (exact) mass is 341 g/mol. The van der Waals surface area contributed by atoms with Crippen LogP contribution in [-0.2, 0) is 14.3 Å². The Hall–Kier alpha value is -2.06. The largest absolute Gasteiger partial charge is 0.379 e. The number of rotatable bonds is 6. The third-order valence-corrected chi connectivity index (χ3v) is 3.77. The van der Waals surface area contributed by atoms with Gasteiger partial charge >= 0.3 is 0 Å². The second-order valence-electron chi connectivity index (χ2n) is 5.57. The topological polar surface area (TPSA) is 61.9 Å². The number of halogens is 2. The lowest BCUT2D eigenvalue weighted by molar-refractivity contribution is -0.133. The zero-order chi connectivity index (χ0) is 17.5. The van der Waals surface area contributed by atoms with Crippen molar-refractivity contribution in [2.45, 2.75) is 6.92 Å². The fourth-order valence-electron chi connectivity index (χ4n) is 2.39. The van der Waals surface area contributed by atoms with Gasteiger partial charge in [0.15, 0.2) is 0 Å². The average Bonchev–Trinajstić information content (AvgIpc) is 2.55. The Morgan fingerprint density at radius 1 is 1.29 bits per heavy atom. The lowest BCUT2D eigenvalue weighted by atomic mass is 10.3. The van der Waals surface area contributed by atoms with Gasteiger partial charge < -0.3 is 15.0 Å². The van der Waals surface area contributed by atoms with Crippen LogP contribution in [0.25, 0.3) is 0 Å². The summed E-state index contributed by atoms with van der Waals surface area (Å²) in [7, 11) is 0. The van der Waals surface area contributed by atoms with Crippen molar-refractivity contribution in [2.75, 3.05) is 51.3 Å². The van der Waals surface area contributed by atoms with E-state index < -0.39 is 17.5 Å². The lowest BCUT2D eigenvalue weighted by Gasteiger charge is -2.29. The van der Waals surface area contributed by atoms with Crippen LogP contribution in [0.5, 0.6) is 0 Å². The molecule has 0 saturated carbocycles. The third-order valence-electron chi connectivity index (χ3n) is 3.77. The smallest absolute Gasteiger partial charge is 0.244 e. The Morgan fingerprint density at radius 3 is 2.62 bits per heavy atom. The maximum atomic E-state index is 13.5. The number of hydrogen-bond donors (Lipinski definition) is 1. The molecule has 1 aliphatic rings. The summed E-state index contributed by atoms with van der Waals surface area (Å²) in [5, 5.41) is 2.35. The molecule has 0 aromatic heterocycles. The molecule has 0 radical (unpaired) electrons. The Kier molecular flexibility index (Phi) is 6.62. The zero-order valence-electron chi connectivity index (χ0n) is 13.6. The van der Waals surface area contributed by atoms with Gasteiger partial charge in [0.05, 0.1) is 25.4 Å². The lowest BCUT2D eigenvalue weighted by Crippen LogP contribution is -2.44. The summed E-state index contributed by atoms with van der Waals surface area (Å²) >= 11 is 0. The van der Waals surface area contributed by atoms with E-state index >= 15 is 0 Å². The summed E-state index contributed by atoms with van der Waals surface area (Å²) < 4.78 is 31.7. The van der Waals surface area contributed by atoms with Crippen LogP contribution in [0.4, 0.5) is 14.5 Å². The summed E-state index contributed by atoms with van der Waals surface area (Å²) in [5.41, 5.74) is -0.113. The van der Waals surface area contributed by atoms with Crippen molar-refractivity contribution in [1.82, 2.24) is 9.80 Å². The first-order chi connectivity index (χ1) is 11.5. The van der Waals surface area contributed by atoms with Gasteiger partial charge in [0.2, 0.25) is 11.8 Å². The molecule has 1 N–H and O–H groups in total. The van der Waals surface area contributed by atoms with Crippen LogP contribution in [-0.4, -0.2) is 67.6 Å². The Morgan fingerprint density at radius 2 is 2.00 bits per heavy atom. The molecule has 1 fully saturated rings. The van der Waals surface area contributed by atoms with Crippen LogP contribution in [0.2, 0.25) is 0 Å². The molecule has 0 bridgehead atoms. The number of hydrogen-bond acceptors (Lipinski definition) is 4. The van der Waals surface area contributed by atoms with Gasteiger partial charge in [-0.15, -0.1) is 0 Å². The Labute approximate surface area is 139 Å². The fraction of sp³-hybridized carbons (Fsp3) is 0.500. The predicted molar refractivity (Wildman–Crippen MR) is 84.5 cm³/mol. The Balaban J connectivity index is 1.86. The van der Waals surface area contributed by atoms with Gasteiger partial charge in [-0.2, -0.15) is 0 Å². The van der Waals surface area contributed by atoms with E-state index in [2.05, 4.69) is 10.2 Å². The van der Waals surface area contributed by atoms with E-state index in [1.807, 2.05) is 0 Å². The number of benzene rings is 1. The normalized spacial score (nSPS) is 15.1. The molecule has 2 rings (SSSR count). The number of amides is 2. The molecule has 1 heterocycles. The molecule has 0 unspecified atom stereocenters. The molecule has 2 amide bonds. The maximum absolute atomic E-state index is 13.5. The van der Waals surface area contributed by atoms with Gasteiger partial charge in [0.25, 0.3) is 0 Å². The van der Waals surface area contributed by atoms with Crippen LogP contribution in [0, 0.1) is 11.6 Å². The molecule has 8 heteroatoms. The molecule has 1 aliphatic heterocycles. The van der Waals surface area contributed by atoms with E-state index in [-0.39, 0.29) is 18.1 Å². The van der Waals surface area contributed by atoms with Crippen molar-refractivity contribution >= 4 is 17.5 Å². The van der Waals surface area contributed by atoms with Gasteiger partial charge in [0, 0.05) is 39.2 Å². The quantitative estimate of drug-likeness (QED) is 0.841. The maximum Gasteiger partial charge on any atom is 0.244 e. The highest BCUT2D eigenvalue weighted by Crippen LogP contribution is 2.14. The first kappa shape index (κ1) is 18.3. The molecule has 1 aromatic rings. The van der Waals surface area contributed by atoms with Crippen LogP contribution < -0.4 is 5.32 Å². The highest BCUT2D eigenvalue weighted by molar-refractivity contribution is 5.94. The molecule has 1 saturated heterocycles. The van der Waals surface area contributed by atoms with Crippen molar-refractivity contribution < 1.29 is 23.1 Å².